The molecule has 0 bridgehead atoms. The standard InChI is InChI=1S/C13H15ClO3/c1-9(15)10-3-5-11(6-4-10)13(2)16-8-12(7-14)17-13/h3-6,12H,7-8H2,1-2H3. The van der Waals surface area contributed by atoms with Crippen molar-refractivity contribution in [1.29, 1.82) is 0 Å². The van der Waals surface area contributed by atoms with E-state index in [-0.39, 0.29) is 11.9 Å². The second kappa shape index (κ2) is 4.77. The van der Waals surface area contributed by atoms with Crippen LogP contribution in [0.15, 0.2) is 24.3 Å². The largest absolute Gasteiger partial charge is 0.343 e. The van der Waals surface area contributed by atoms with Crippen LogP contribution in [0.4, 0.5) is 0 Å². The van der Waals surface area contributed by atoms with E-state index in [2.05, 4.69) is 0 Å². The highest BCUT2D eigenvalue weighted by molar-refractivity contribution is 6.18. The third-order valence-corrected chi connectivity index (χ3v) is 3.27. The van der Waals surface area contributed by atoms with E-state index < -0.39 is 5.79 Å². The first-order chi connectivity index (χ1) is 8.05. The maximum Gasteiger partial charge on any atom is 0.192 e. The lowest BCUT2D eigenvalue weighted by Gasteiger charge is -2.23. The Bertz CT molecular complexity index is 415. The van der Waals surface area contributed by atoms with Crippen LogP contribution in [0, 0.1) is 0 Å². The number of ketones is 1. The van der Waals surface area contributed by atoms with Crippen LogP contribution in [0.1, 0.15) is 29.8 Å². The van der Waals surface area contributed by atoms with Crippen molar-refractivity contribution in [3.8, 4) is 0 Å². The second-order valence-electron chi connectivity index (χ2n) is 4.28. The van der Waals surface area contributed by atoms with Gasteiger partial charge in [0.25, 0.3) is 0 Å². The van der Waals surface area contributed by atoms with Gasteiger partial charge in [-0.05, 0) is 13.8 Å². The Labute approximate surface area is 106 Å². The molecule has 3 nitrogen and oxygen atoms in total. The predicted molar refractivity (Wildman–Crippen MR) is 65.3 cm³/mol. The molecule has 2 unspecified atom stereocenters. The Morgan fingerprint density at radius 1 is 1.47 bits per heavy atom. The molecule has 2 atom stereocenters. The summed E-state index contributed by atoms with van der Waals surface area (Å²) < 4.78 is 11.4. The zero-order chi connectivity index (χ0) is 12.5. The smallest absolute Gasteiger partial charge is 0.192 e. The van der Waals surface area contributed by atoms with Crippen LogP contribution in [0.3, 0.4) is 0 Å². The van der Waals surface area contributed by atoms with Crippen LogP contribution in [-0.4, -0.2) is 24.4 Å². The average molecular weight is 255 g/mol. The van der Waals surface area contributed by atoms with Gasteiger partial charge < -0.3 is 9.47 Å². The Morgan fingerprint density at radius 2 is 2.12 bits per heavy atom. The zero-order valence-corrected chi connectivity index (χ0v) is 10.7. The molecule has 1 aliphatic heterocycles. The maximum atomic E-state index is 11.2. The highest BCUT2D eigenvalue weighted by Gasteiger charge is 2.38. The number of alkyl halides is 1. The molecule has 0 saturated carbocycles. The molecule has 0 aliphatic carbocycles. The summed E-state index contributed by atoms with van der Waals surface area (Å²) in [5.41, 5.74) is 1.58. The number of halogens is 1. The summed E-state index contributed by atoms with van der Waals surface area (Å²) >= 11 is 5.74. The van der Waals surface area contributed by atoms with Gasteiger partial charge in [0.2, 0.25) is 0 Å². The third kappa shape index (κ3) is 2.51. The number of carbonyl (C=O) groups excluding carboxylic acids is 1. The van der Waals surface area contributed by atoms with Crippen molar-refractivity contribution in [2.45, 2.75) is 25.7 Å². The summed E-state index contributed by atoms with van der Waals surface area (Å²) in [4.78, 5) is 11.2. The van der Waals surface area contributed by atoms with Crippen molar-refractivity contribution in [3.63, 3.8) is 0 Å². The molecule has 0 N–H and O–H groups in total. The molecule has 1 saturated heterocycles. The number of carbonyl (C=O) groups is 1. The molecule has 0 amide bonds. The lowest BCUT2D eigenvalue weighted by Crippen LogP contribution is -2.24. The summed E-state index contributed by atoms with van der Waals surface area (Å²) in [5, 5.41) is 0. The Hall–Kier alpha value is -0.900. The zero-order valence-electron chi connectivity index (χ0n) is 9.90. The van der Waals surface area contributed by atoms with Gasteiger partial charge in [-0.25, -0.2) is 0 Å². The number of benzene rings is 1. The molecule has 4 heteroatoms. The third-order valence-electron chi connectivity index (χ3n) is 2.92. The molecule has 92 valence electrons. The molecule has 1 fully saturated rings. The first kappa shape index (κ1) is 12.6. The summed E-state index contributed by atoms with van der Waals surface area (Å²) in [6.07, 6.45) is -0.0749. The second-order valence-corrected chi connectivity index (χ2v) is 4.59. The van der Waals surface area contributed by atoms with Crippen LogP contribution in [0.25, 0.3) is 0 Å². The Balaban J connectivity index is 2.20. The molecular formula is C13H15ClO3. The monoisotopic (exact) mass is 254 g/mol. The summed E-state index contributed by atoms with van der Waals surface area (Å²) in [6.45, 7) is 3.90. The van der Waals surface area contributed by atoms with Gasteiger partial charge in [-0.2, -0.15) is 0 Å². The molecule has 0 aromatic heterocycles. The minimum atomic E-state index is -0.755. The van der Waals surface area contributed by atoms with E-state index >= 15 is 0 Å². The Kier molecular flexibility index (Phi) is 3.52. The van der Waals surface area contributed by atoms with Crippen molar-refractivity contribution in [2.24, 2.45) is 0 Å². The lowest BCUT2D eigenvalue weighted by molar-refractivity contribution is -0.159. The lowest BCUT2D eigenvalue weighted by atomic mass is 10.0. The fraction of sp³-hybridized carbons (Fsp3) is 0.462. The number of hydrogen-bond acceptors (Lipinski definition) is 3. The van der Waals surface area contributed by atoms with Gasteiger partial charge in [-0.3, -0.25) is 4.79 Å². The van der Waals surface area contributed by atoms with E-state index in [0.29, 0.717) is 18.1 Å². The van der Waals surface area contributed by atoms with E-state index in [4.69, 9.17) is 21.1 Å². The summed E-state index contributed by atoms with van der Waals surface area (Å²) in [6, 6.07) is 7.27. The fourth-order valence-corrected chi connectivity index (χ4v) is 2.03. The number of rotatable bonds is 3. The van der Waals surface area contributed by atoms with Gasteiger partial charge in [0.05, 0.1) is 18.6 Å². The molecule has 0 spiro atoms. The van der Waals surface area contributed by atoms with Gasteiger partial charge in [0.1, 0.15) is 0 Å². The number of Topliss-reactive ketones (excluding diaryl/α,β-unsaturated/α-hetero) is 1. The molecular weight excluding hydrogens is 240 g/mol. The molecule has 17 heavy (non-hydrogen) atoms. The van der Waals surface area contributed by atoms with Crippen LogP contribution in [-0.2, 0) is 15.3 Å². The van der Waals surface area contributed by atoms with E-state index in [1.807, 2.05) is 19.1 Å². The van der Waals surface area contributed by atoms with Gasteiger partial charge in [0.15, 0.2) is 11.6 Å². The SMILES string of the molecule is CC(=O)c1ccc(C2(C)OCC(CCl)O2)cc1. The van der Waals surface area contributed by atoms with E-state index in [9.17, 15) is 4.79 Å². The van der Waals surface area contributed by atoms with Crippen LogP contribution < -0.4 is 0 Å². The van der Waals surface area contributed by atoms with Gasteiger partial charge in [-0.1, -0.05) is 24.3 Å². The highest BCUT2D eigenvalue weighted by Crippen LogP contribution is 2.34. The number of ether oxygens (including phenoxy) is 2. The average Bonchev–Trinajstić information content (AvgIpc) is 2.73. The van der Waals surface area contributed by atoms with Crippen molar-refractivity contribution < 1.29 is 14.3 Å². The molecule has 1 aromatic carbocycles. The highest BCUT2D eigenvalue weighted by atomic mass is 35.5. The van der Waals surface area contributed by atoms with E-state index in [1.54, 1.807) is 19.1 Å². The minimum absolute atomic E-state index is 0.0496. The Morgan fingerprint density at radius 3 is 2.59 bits per heavy atom. The maximum absolute atomic E-state index is 11.2. The van der Waals surface area contributed by atoms with Crippen LogP contribution in [0.2, 0.25) is 0 Å². The number of hydrogen-bond donors (Lipinski definition) is 0. The van der Waals surface area contributed by atoms with E-state index in [1.165, 1.54) is 0 Å². The van der Waals surface area contributed by atoms with Gasteiger partial charge >= 0.3 is 0 Å². The minimum Gasteiger partial charge on any atom is -0.343 e. The fourth-order valence-electron chi connectivity index (χ4n) is 1.87. The molecule has 0 radical (unpaired) electrons. The topological polar surface area (TPSA) is 35.5 Å². The molecule has 2 rings (SSSR count). The first-order valence-electron chi connectivity index (χ1n) is 5.54. The molecule has 1 aromatic rings. The van der Waals surface area contributed by atoms with Crippen molar-refractivity contribution in [2.75, 3.05) is 12.5 Å². The quantitative estimate of drug-likeness (QED) is 0.615. The first-order valence-corrected chi connectivity index (χ1v) is 6.08. The molecule has 1 heterocycles. The van der Waals surface area contributed by atoms with Gasteiger partial charge in [-0.15, -0.1) is 11.6 Å². The predicted octanol–water partition coefficient (Wildman–Crippen LogP) is 2.72. The van der Waals surface area contributed by atoms with Gasteiger partial charge in [0, 0.05) is 11.1 Å². The summed E-state index contributed by atoms with van der Waals surface area (Å²) in [5.74, 6) is -0.288. The van der Waals surface area contributed by atoms with E-state index in [0.717, 1.165) is 5.56 Å². The van der Waals surface area contributed by atoms with Crippen molar-refractivity contribution >= 4 is 17.4 Å². The summed E-state index contributed by atoms with van der Waals surface area (Å²) in [7, 11) is 0. The van der Waals surface area contributed by atoms with Crippen molar-refractivity contribution in [1.82, 2.24) is 0 Å². The normalized spacial score (nSPS) is 28.3. The van der Waals surface area contributed by atoms with Crippen molar-refractivity contribution in [3.05, 3.63) is 35.4 Å². The molecule has 1 aliphatic rings. The van der Waals surface area contributed by atoms with Crippen LogP contribution >= 0.6 is 11.6 Å². The van der Waals surface area contributed by atoms with Crippen LogP contribution in [0.5, 0.6) is 0 Å².